The molecule has 8 nitrogen and oxygen atoms in total. The zero-order valence-corrected chi connectivity index (χ0v) is 15.7. The summed E-state index contributed by atoms with van der Waals surface area (Å²) in [5, 5.41) is 6.96. The van der Waals surface area contributed by atoms with E-state index >= 15 is 0 Å². The van der Waals surface area contributed by atoms with E-state index in [9.17, 15) is 13.2 Å². The van der Waals surface area contributed by atoms with Crippen LogP contribution in [0.2, 0.25) is 0 Å². The summed E-state index contributed by atoms with van der Waals surface area (Å²) in [5.74, 6) is 0.265. The van der Waals surface area contributed by atoms with Gasteiger partial charge in [-0.2, -0.15) is 5.10 Å². The summed E-state index contributed by atoms with van der Waals surface area (Å²) >= 11 is 0. The molecule has 0 unspecified atom stereocenters. The van der Waals surface area contributed by atoms with Gasteiger partial charge in [0, 0.05) is 19.5 Å². The van der Waals surface area contributed by atoms with Crippen molar-refractivity contribution in [1.29, 1.82) is 0 Å². The first-order valence-corrected chi connectivity index (χ1v) is 9.85. The van der Waals surface area contributed by atoms with Crippen molar-refractivity contribution in [2.75, 3.05) is 24.3 Å². The van der Waals surface area contributed by atoms with Crippen molar-refractivity contribution in [3.05, 3.63) is 29.6 Å². The van der Waals surface area contributed by atoms with Crippen molar-refractivity contribution in [1.82, 2.24) is 9.78 Å². The summed E-state index contributed by atoms with van der Waals surface area (Å²) in [5.41, 5.74) is 2.12. The lowest BCUT2D eigenvalue weighted by Crippen LogP contribution is -2.19. The summed E-state index contributed by atoms with van der Waals surface area (Å²) in [6, 6.07) is 4.48. The number of ether oxygens (including phenoxy) is 2. The van der Waals surface area contributed by atoms with Gasteiger partial charge in [-0.3, -0.25) is 9.48 Å². The second kappa shape index (κ2) is 6.99. The van der Waals surface area contributed by atoms with Gasteiger partial charge < -0.3 is 14.8 Å². The first kappa shape index (κ1) is 18.2. The Bertz CT molecular complexity index is 950. The first-order chi connectivity index (χ1) is 12.3. The van der Waals surface area contributed by atoms with E-state index in [1.165, 1.54) is 12.1 Å². The number of nitrogens with one attached hydrogen (secondary N) is 1. The molecule has 0 saturated heterocycles. The molecule has 3 rings (SSSR count). The third kappa shape index (κ3) is 3.67. The number of carbonyl (C=O) groups excluding carboxylic acids is 1. The minimum atomic E-state index is -3.61. The fraction of sp³-hybridized carbons (Fsp3) is 0.412. The Morgan fingerprint density at radius 3 is 2.58 bits per heavy atom. The third-order valence-corrected chi connectivity index (χ3v) is 5.96. The lowest BCUT2D eigenvalue weighted by Gasteiger charge is -2.18. The summed E-state index contributed by atoms with van der Waals surface area (Å²) < 4.78 is 37.5. The summed E-state index contributed by atoms with van der Waals surface area (Å²) in [7, 11) is -1.83. The topological polar surface area (TPSA) is 99.5 Å². The highest BCUT2D eigenvalue weighted by atomic mass is 32.2. The van der Waals surface area contributed by atoms with Gasteiger partial charge in [0.1, 0.15) is 13.2 Å². The number of nitrogens with zero attached hydrogens (tertiary/aromatic N) is 2. The number of fused-ring (bicyclic) bond motifs is 1. The van der Waals surface area contributed by atoms with E-state index in [2.05, 4.69) is 10.4 Å². The second-order valence-electron chi connectivity index (χ2n) is 6.09. The number of hydrogen-bond acceptors (Lipinski definition) is 6. The Morgan fingerprint density at radius 1 is 1.23 bits per heavy atom. The van der Waals surface area contributed by atoms with Crippen molar-refractivity contribution < 1.29 is 22.7 Å². The molecular weight excluding hydrogens is 358 g/mol. The van der Waals surface area contributed by atoms with Crippen LogP contribution in [-0.4, -0.2) is 43.1 Å². The van der Waals surface area contributed by atoms with Gasteiger partial charge in [0.25, 0.3) is 0 Å². The van der Waals surface area contributed by atoms with Crippen LogP contribution in [0, 0.1) is 13.8 Å². The normalized spacial score (nSPS) is 13.5. The minimum absolute atomic E-state index is 0.114. The summed E-state index contributed by atoms with van der Waals surface area (Å²) in [6.07, 6.45) is -0.148. The zero-order valence-electron chi connectivity index (χ0n) is 14.9. The number of benzene rings is 1. The summed E-state index contributed by atoms with van der Waals surface area (Å²) in [4.78, 5) is 12.3. The zero-order chi connectivity index (χ0) is 18.9. The molecule has 1 aliphatic rings. The molecule has 0 spiro atoms. The van der Waals surface area contributed by atoms with Crippen molar-refractivity contribution in [2.45, 2.75) is 25.2 Å². The number of carbonyl (C=O) groups is 1. The average molecular weight is 379 g/mol. The molecule has 0 bridgehead atoms. The predicted octanol–water partition coefficient (Wildman–Crippen LogP) is 1.61. The Hall–Kier alpha value is -2.55. The maximum absolute atomic E-state index is 12.5. The van der Waals surface area contributed by atoms with Gasteiger partial charge in [-0.1, -0.05) is 0 Å². The van der Waals surface area contributed by atoms with Crippen molar-refractivity contribution in [3.63, 3.8) is 0 Å². The maximum Gasteiger partial charge on any atom is 0.225 e. The molecule has 2 aromatic rings. The van der Waals surface area contributed by atoms with Crippen LogP contribution < -0.4 is 14.8 Å². The van der Waals surface area contributed by atoms with Crippen LogP contribution in [0.4, 0.5) is 5.69 Å². The van der Waals surface area contributed by atoms with E-state index in [4.69, 9.17) is 9.47 Å². The van der Waals surface area contributed by atoms with Crippen LogP contribution in [-0.2, 0) is 21.7 Å². The molecular formula is C17H21N3O5S. The Labute approximate surface area is 152 Å². The van der Waals surface area contributed by atoms with Crippen LogP contribution >= 0.6 is 0 Å². The SMILES string of the molecule is Cc1nn(C)c(C)c1NC(=O)CCS(=O)(=O)c1ccc2c(c1)OCCO2. The minimum Gasteiger partial charge on any atom is -0.486 e. The van der Waals surface area contributed by atoms with Crippen molar-refractivity contribution in [2.24, 2.45) is 7.05 Å². The smallest absolute Gasteiger partial charge is 0.225 e. The van der Waals surface area contributed by atoms with Gasteiger partial charge in [-0.15, -0.1) is 0 Å². The maximum atomic E-state index is 12.5. The van der Waals surface area contributed by atoms with E-state index in [-0.39, 0.29) is 23.0 Å². The van der Waals surface area contributed by atoms with Crippen molar-refractivity contribution in [3.8, 4) is 11.5 Å². The average Bonchev–Trinajstić information content (AvgIpc) is 2.86. The number of aryl methyl sites for hydroxylation is 2. The highest BCUT2D eigenvalue weighted by Gasteiger charge is 2.21. The Morgan fingerprint density at radius 2 is 1.92 bits per heavy atom. The number of sulfone groups is 1. The third-order valence-electron chi connectivity index (χ3n) is 4.24. The van der Waals surface area contributed by atoms with Crippen molar-refractivity contribution >= 4 is 21.4 Å². The second-order valence-corrected chi connectivity index (χ2v) is 8.20. The van der Waals surface area contributed by atoms with Crippen LogP contribution in [0.15, 0.2) is 23.1 Å². The van der Waals surface area contributed by atoms with Crippen LogP contribution in [0.25, 0.3) is 0 Å². The Balaban J connectivity index is 1.67. The molecule has 1 aromatic carbocycles. The van der Waals surface area contributed by atoms with Crippen LogP contribution in [0.3, 0.4) is 0 Å². The molecule has 26 heavy (non-hydrogen) atoms. The van der Waals surface area contributed by atoms with Gasteiger partial charge in [0.15, 0.2) is 21.3 Å². The lowest BCUT2D eigenvalue weighted by atomic mass is 10.3. The lowest BCUT2D eigenvalue weighted by molar-refractivity contribution is -0.115. The van der Waals surface area contributed by atoms with E-state index in [0.29, 0.717) is 36.1 Å². The predicted molar refractivity (Wildman–Crippen MR) is 95.4 cm³/mol. The fourth-order valence-electron chi connectivity index (χ4n) is 2.72. The molecule has 2 heterocycles. The molecule has 1 N–H and O–H groups in total. The van der Waals surface area contributed by atoms with E-state index in [0.717, 1.165) is 5.69 Å². The highest BCUT2D eigenvalue weighted by Crippen LogP contribution is 2.32. The number of aromatic nitrogens is 2. The van der Waals surface area contributed by atoms with Gasteiger partial charge >= 0.3 is 0 Å². The van der Waals surface area contributed by atoms with E-state index in [1.807, 2.05) is 6.92 Å². The van der Waals surface area contributed by atoms with Gasteiger partial charge in [-0.25, -0.2) is 8.42 Å². The fourth-order valence-corrected chi connectivity index (χ4v) is 3.97. The molecule has 0 fully saturated rings. The molecule has 0 saturated carbocycles. The largest absolute Gasteiger partial charge is 0.486 e. The van der Waals surface area contributed by atoms with Gasteiger partial charge in [0.05, 0.1) is 27.7 Å². The van der Waals surface area contributed by atoms with E-state index < -0.39 is 9.84 Å². The molecule has 1 aliphatic heterocycles. The standard InChI is InChI=1S/C17H21N3O5S/c1-11-17(12(2)20(3)19-11)18-16(21)6-9-26(22,23)13-4-5-14-15(10-13)25-8-7-24-14/h4-5,10H,6-9H2,1-3H3,(H,18,21). The van der Waals surface area contributed by atoms with Gasteiger partial charge in [0.2, 0.25) is 5.91 Å². The summed E-state index contributed by atoms with van der Waals surface area (Å²) in [6.45, 7) is 4.44. The molecule has 1 aromatic heterocycles. The molecule has 0 aliphatic carbocycles. The molecule has 0 atom stereocenters. The molecule has 9 heteroatoms. The van der Waals surface area contributed by atoms with Gasteiger partial charge in [-0.05, 0) is 26.0 Å². The quantitative estimate of drug-likeness (QED) is 0.847. The highest BCUT2D eigenvalue weighted by molar-refractivity contribution is 7.91. The number of anilines is 1. The first-order valence-electron chi connectivity index (χ1n) is 8.20. The van der Waals surface area contributed by atoms with E-state index in [1.54, 1.807) is 24.7 Å². The monoisotopic (exact) mass is 379 g/mol. The van der Waals surface area contributed by atoms with Crippen LogP contribution in [0.1, 0.15) is 17.8 Å². The number of amides is 1. The van der Waals surface area contributed by atoms with Crippen LogP contribution in [0.5, 0.6) is 11.5 Å². The molecule has 0 radical (unpaired) electrons. The number of hydrogen-bond donors (Lipinski definition) is 1. The Kier molecular flexibility index (Phi) is 4.90. The molecule has 140 valence electrons. The number of rotatable bonds is 5. The molecule has 1 amide bonds.